The third kappa shape index (κ3) is 1.83. The van der Waals surface area contributed by atoms with E-state index in [1.165, 1.54) is 12.1 Å². The Labute approximate surface area is 78.4 Å². The van der Waals surface area contributed by atoms with Gasteiger partial charge in [-0.15, -0.1) is 0 Å². The Balaban J connectivity index is 3.27. The van der Waals surface area contributed by atoms with E-state index in [1.807, 2.05) is 0 Å². The van der Waals surface area contributed by atoms with Crippen molar-refractivity contribution in [3.8, 4) is 0 Å². The molecule has 3 N–H and O–H groups in total. The van der Waals surface area contributed by atoms with Crippen LogP contribution in [0.3, 0.4) is 0 Å². The number of hydrogen-bond acceptors (Lipinski definition) is 4. The average Bonchev–Trinajstić information content (AvgIpc) is 2.16. The second-order valence-electron chi connectivity index (χ2n) is 2.58. The normalized spacial score (nSPS) is 9.79. The van der Waals surface area contributed by atoms with Gasteiger partial charge in [0.1, 0.15) is 6.54 Å². The zero-order valence-electron chi connectivity index (χ0n) is 7.17. The Morgan fingerprint density at radius 3 is 2.29 bits per heavy atom. The van der Waals surface area contributed by atoms with Crippen LogP contribution in [0.5, 0.6) is 0 Å². The molecular formula is C7H8N3O4+. The lowest BCUT2D eigenvalue weighted by Crippen LogP contribution is -2.47. The zero-order chi connectivity index (χ0) is 10.7. The molecule has 0 aliphatic carbocycles. The maximum atomic E-state index is 10.5. The first-order valence-electron chi connectivity index (χ1n) is 3.77. The molecule has 0 spiro atoms. The van der Waals surface area contributed by atoms with Gasteiger partial charge in [0.2, 0.25) is 0 Å². The fraction of sp³-hybridized carbons (Fsp3) is 0.143. The van der Waals surface area contributed by atoms with E-state index in [9.17, 15) is 20.2 Å². The van der Waals surface area contributed by atoms with Gasteiger partial charge in [0.25, 0.3) is 11.4 Å². The van der Waals surface area contributed by atoms with E-state index in [-0.39, 0.29) is 17.9 Å². The van der Waals surface area contributed by atoms with Gasteiger partial charge in [0.15, 0.2) is 0 Å². The third-order valence-electron chi connectivity index (χ3n) is 1.75. The number of quaternary nitrogens is 1. The van der Waals surface area contributed by atoms with Gasteiger partial charge in [-0.05, 0) is 6.07 Å². The van der Waals surface area contributed by atoms with Crippen LogP contribution in [0.15, 0.2) is 18.2 Å². The average molecular weight is 198 g/mol. The van der Waals surface area contributed by atoms with Gasteiger partial charge in [-0.3, -0.25) is 20.2 Å². The van der Waals surface area contributed by atoms with Crippen molar-refractivity contribution in [1.29, 1.82) is 0 Å². The Kier molecular flexibility index (Phi) is 2.73. The molecule has 0 saturated heterocycles. The predicted molar refractivity (Wildman–Crippen MR) is 46.3 cm³/mol. The summed E-state index contributed by atoms with van der Waals surface area (Å²) in [5.74, 6) is 0. The van der Waals surface area contributed by atoms with Crippen molar-refractivity contribution < 1.29 is 15.6 Å². The lowest BCUT2D eigenvalue weighted by Gasteiger charge is -1.97. The van der Waals surface area contributed by atoms with Crippen molar-refractivity contribution in [2.75, 3.05) is 0 Å². The molecule has 7 heteroatoms. The largest absolute Gasteiger partial charge is 0.354 e. The van der Waals surface area contributed by atoms with Gasteiger partial charge in [0.05, 0.1) is 21.5 Å². The van der Waals surface area contributed by atoms with Crippen molar-refractivity contribution in [3.63, 3.8) is 0 Å². The van der Waals surface area contributed by atoms with Crippen LogP contribution in [0, 0.1) is 20.2 Å². The minimum Gasteiger partial charge on any atom is -0.354 e. The van der Waals surface area contributed by atoms with E-state index in [1.54, 1.807) is 0 Å². The Bertz CT molecular complexity index is 391. The van der Waals surface area contributed by atoms with Gasteiger partial charge >= 0.3 is 0 Å². The molecule has 0 bridgehead atoms. The van der Waals surface area contributed by atoms with Crippen molar-refractivity contribution in [2.24, 2.45) is 0 Å². The molecule has 1 aromatic rings. The van der Waals surface area contributed by atoms with Gasteiger partial charge in [-0.2, -0.15) is 0 Å². The molecule has 0 saturated carbocycles. The Hall–Kier alpha value is -2.02. The fourth-order valence-electron chi connectivity index (χ4n) is 1.05. The number of non-ortho nitro benzene ring substituents is 1. The van der Waals surface area contributed by atoms with E-state index >= 15 is 0 Å². The summed E-state index contributed by atoms with van der Waals surface area (Å²) in [5.41, 5.74) is 3.35. The zero-order valence-corrected chi connectivity index (χ0v) is 7.17. The number of nitro benzene ring substituents is 2. The van der Waals surface area contributed by atoms with Crippen molar-refractivity contribution >= 4 is 11.4 Å². The lowest BCUT2D eigenvalue weighted by atomic mass is 10.1. The second kappa shape index (κ2) is 3.79. The number of hydrogen-bond donors (Lipinski definition) is 1. The third-order valence-corrected chi connectivity index (χ3v) is 1.75. The molecule has 0 heterocycles. The first-order chi connectivity index (χ1) is 6.56. The highest BCUT2D eigenvalue weighted by Crippen LogP contribution is 2.23. The highest BCUT2D eigenvalue weighted by molar-refractivity contribution is 5.48. The van der Waals surface area contributed by atoms with Gasteiger partial charge in [-0.1, -0.05) is 0 Å². The molecule has 0 radical (unpaired) electrons. The van der Waals surface area contributed by atoms with Crippen LogP contribution in [-0.4, -0.2) is 9.85 Å². The van der Waals surface area contributed by atoms with Crippen LogP contribution in [0.1, 0.15) is 5.56 Å². The minimum absolute atomic E-state index is 0.230. The molecule has 0 aromatic heterocycles. The summed E-state index contributed by atoms with van der Waals surface area (Å²) in [6.45, 7) is 0.230. The quantitative estimate of drug-likeness (QED) is 0.553. The first kappa shape index (κ1) is 10.1. The van der Waals surface area contributed by atoms with Gasteiger partial charge in [0, 0.05) is 6.07 Å². The Morgan fingerprint density at radius 1 is 1.21 bits per heavy atom. The van der Waals surface area contributed by atoms with Crippen LogP contribution >= 0.6 is 0 Å². The summed E-state index contributed by atoms with van der Waals surface area (Å²) in [6, 6.07) is 3.53. The molecule has 0 fully saturated rings. The van der Waals surface area contributed by atoms with Crippen LogP contribution in [-0.2, 0) is 6.54 Å². The van der Waals surface area contributed by atoms with E-state index < -0.39 is 9.85 Å². The van der Waals surface area contributed by atoms with Crippen molar-refractivity contribution in [3.05, 3.63) is 44.0 Å². The van der Waals surface area contributed by atoms with Crippen LogP contribution in [0.2, 0.25) is 0 Å². The smallest absolute Gasteiger partial charge is 0.285 e. The lowest BCUT2D eigenvalue weighted by molar-refractivity contribution is -0.405. The topological polar surface area (TPSA) is 114 Å². The van der Waals surface area contributed by atoms with Gasteiger partial charge < -0.3 is 5.73 Å². The summed E-state index contributed by atoms with van der Waals surface area (Å²) in [5, 5.41) is 20.9. The molecule has 7 nitrogen and oxygen atoms in total. The molecule has 0 unspecified atom stereocenters. The summed E-state index contributed by atoms with van der Waals surface area (Å²) in [6.07, 6.45) is 0. The summed E-state index contributed by atoms with van der Waals surface area (Å²) < 4.78 is 0. The molecule has 1 aromatic carbocycles. The SMILES string of the molecule is [NH3+]Cc1ccc([N+](=O)[O-])cc1[N+](=O)[O-]. The summed E-state index contributed by atoms with van der Waals surface area (Å²) in [7, 11) is 0. The summed E-state index contributed by atoms with van der Waals surface area (Å²) in [4.78, 5) is 19.5. The molecule has 0 atom stereocenters. The number of nitrogens with zero attached hydrogens (tertiary/aromatic N) is 2. The van der Waals surface area contributed by atoms with Crippen LogP contribution < -0.4 is 5.73 Å². The molecule has 74 valence electrons. The van der Waals surface area contributed by atoms with Crippen molar-refractivity contribution in [1.82, 2.24) is 0 Å². The number of rotatable bonds is 3. The molecule has 1 rings (SSSR count). The summed E-state index contributed by atoms with van der Waals surface area (Å²) >= 11 is 0. The molecular weight excluding hydrogens is 190 g/mol. The number of benzene rings is 1. The van der Waals surface area contributed by atoms with Crippen LogP contribution in [0.25, 0.3) is 0 Å². The monoisotopic (exact) mass is 198 g/mol. The molecule has 14 heavy (non-hydrogen) atoms. The maximum Gasteiger partial charge on any atom is 0.285 e. The standard InChI is InChI=1S/C7H7N3O4/c8-4-5-1-2-6(9(11)12)3-7(5)10(13)14/h1-3H,4,8H2/p+1. The second-order valence-corrected chi connectivity index (χ2v) is 2.58. The molecule has 0 aliphatic rings. The van der Waals surface area contributed by atoms with Crippen molar-refractivity contribution in [2.45, 2.75) is 6.54 Å². The van der Waals surface area contributed by atoms with E-state index in [4.69, 9.17) is 0 Å². The van der Waals surface area contributed by atoms with E-state index in [0.717, 1.165) is 6.07 Å². The van der Waals surface area contributed by atoms with Gasteiger partial charge in [-0.25, -0.2) is 0 Å². The van der Waals surface area contributed by atoms with E-state index in [2.05, 4.69) is 5.73 Å². The maximum absolute atomic E-state index is 10.5. The molecule has 0 aliphatic heterocycles. The highest BCUT2D eigenvalue weighted by Gasteiger charge is 2.18. The van der Waals surface area contributed by atoms with E-state index in [0.29, 0.717) is 5.56 Å². The minimum atomic E-state index is -0.667. The first-order valence-corrected chi connectivity index (χ1v) is 3.77. The highest BCUT2D eigenvalue weighted by atomic mass is 16.6. The fourth-order valence-corrected chi connectivity index (χ4v) is 1.05. The Morgan fingerprint density at radius 2 is 1.86 bits per heavy atom. The molecule has 0 amide bonds. The predicted octanol–water partition coefficient (Wildman–Crippen LogP) is 0.245. The van der Waals surface area contributed by atoms with Crippen LogP contribution in [0.4, 0.5) is 11.4 Å². The number of nitro groups is 2.